The highest BCUT2D eigenvalue weighted by Gasteiger charge is 2.42. The number of allylic oxidation sites excluding steroid dienone is 2. The summed E-state index contributed by atoms with van der Waals surface area (Å²) >= 11 is 6.26. The molecule has 2 aliphatic rings. The van der Waals surface area contributed by atoms with E-state index in [1.54, 1.807) is 25.3 Å². The fourth-order valence-electron chi connectivity index (χ4n) is 4.36. The van der Waals surface area contributed by atoms with Crippen LogP contribution in [0.3, 0.4) is 0 Å². The molecule has 5 nitrogen and oxygen atoms in total. The third kappa shape index (κ3) is 3.77. The van der Waals surface area contributed by atoms with Crippen LogP contribution in [-0.2, 0) is 9.59 Å². The van der Waals surface area contributed by atoms with E-state index in [9.17, 15) is 9.59 Å². The fourth-order valence-corrected chi connectivity index (χ4v) is 4.56. The predicted octanol–water partition coefficient (Wildman–Crippen LogP) is 5.17. The third-order valence-electron chi connectivity index (χ3n) is 5.69. The quantitative estimate of drug-likeness (QED) is 0.739. The van der Waals surface area contributed by atoms with Crippen molar-refractivity contribution in [2.45, 2.75) is 32.1 Å². The molecule has 0 spiro atoms. The Morgan fingerprint density at radius 2 is 1.97 bits per heavy atom. The standard InChI is InChI=1S/C24H23ClN2O3/c1-14-21(24(29)27-17-9-3-4-12-20(17)30-2)22(15-7-5-8-16(25)13-15)23-18(26-14)10-6-11-19(23)28/h3-5,7-9,12-13,21-22H,6,10-11H2,1-2H3,(H,27,29)/t21?,22-/m0/s1. The van der Waals surface area contributed by atoms with E-state index in [0.717, 1.165) is 24.1 Å². The number of anilines is 1. The number of nitrogens with one attached hydrogen (secondary N) is 1. The average molecular weight is 423 g/mol. The van der Waals surface area contributed by atoms with Crippen molar-refractivity contribution >= 4 is 34.7 Å². The molecule has 0 saturated carbocycles. The van der Waals surface area contributed by atoms with Crippen molar-refractivity contribution in [3.8, 4) is 5.75 Å². The lowest BCUT2D eigenvalue weighted by molar-refractivity contribution is -0.119. The lowest BCUT2D eigenvalue weighted by Gasteiger charge is -2.35. The molecule has 1 N–H and O–H groups in total. The number of amides is 1. The Kier molecular flexibility index (Phi) is 5.73. The van der Waals surface area contributed by atoms with Crippen molar-refractivity contribution in [2.75, 3.05) is 12.4 Å². The number of para-hydroxylation sites is 2. The molecule has 0 radical (unpaired) electrons. The van der Waals surface area contributed by atoms with Gasteiger partial charge in [0.15, 0.2) is 5.78 Å². The Hall–Kier alpha value is -2.92. The van der Waals surface area contributed by atoms with E-state index >= 15 is 0 Å². The van der Waals surface area contributed by atoms with Gasteiger partial charge in [0.2, 0.25) is 5.91 Å². The number of aliphatic imine (C=N–C) groups is 1. The maximum atomic E-state index is 13.5. The summed E-state index contributed by atoms with van der Waals surface area (Å²) in [6.45, 7) is 1.85. The molecular weight excluding hydrogens is 400 g/mol. The molecule has 0 saturated heterocycles. The van der Waals surface area contributed by atoms with Crippen LogP contribution in [0.25, 0.3) is 0 Å². The smallest absolute Gasteiger partial charge is 0.234 e. The molecule has 154 valence electrons. The number of carbonyl (C=O) groups excluding carboxylic acids is 2. The lowest BCUT2D eigenvalue weighted by atomic mass is 9.71. The van der Waals surface area contributed by atoms with Crippen molar-refractivity contribution in [3.63, 3.8) is 0 Å². The summed E-state index contributed by atoms with van der Waals surface area (Å²) in [6, 6.07) is 14.6. The van der Waals surface area contributed by atoms with E-state index in [2.05, 4.69) is 10.3 Å². The first kappa shape index (κ1) is 20.4. The first-order chi connectivity index (χ1) is 14.5. The van der Waals surface area contributed by atoms with Gasteiger partial charge in [-0.25, -0.2) is 0 Å². The Morgan fingerprint density at radius 3 is 2.73 bits per heavy atom. The van der Waals surface area contributed by atoms with Crippen LogP contribution in [0.4, 0.5) is 5.69 Å². The molecule has 0 bridgehead atoms. The maximum absolute atomic E-state index is 13.5. The van der Waals surface area contributed by atoms with Gasteiger partial charge in [-0.3, -0.25) is 14.6 Å². The van der Waals surface area contributed by atoms with Crippen molar-refractivity contribution in [1.29, 1.82) is 0 Å². The first-order valence-corrected chi connectivity index (χ1v) is 10.4. The van der Waals surface area contributed by atoms with Crippen molar-refractivity contribution in [1.82, 2.24) is 0 Å². The minimum Gasteiger partial charge on any atom is -0.495 e. The number of methoxy groups -OCH3 is 1. The summed E-state index contributed by atoms with van der Waals surface area (Å²) in [5.41, 5.74) is 3.57. The van der Waals surface area contributed by atoms with E-state index in [0.29, 0.717) is 34.2 Å². The van der Waals surface area contributed by atoms with Crippen LogP contribution in [0.2, 0.25) is 5.02 Å². The monoisotopic (exact) mass is 422 g/mol. The van der Waals surface area contributed by atoms with Gasteiger partial charge in [0, 0.05) is 34.3 Å². The summed E-state index contributed by atoms with van der Waals surface area (Å²) < 4.78 is 5.36. The van der Waals surface area contributed by atoms with Crippen molar-refractivity contribution in [3.05, 3.63) is 70.4 Å². The average Bonchev–Trinajstić information content (AvgIpc) is 2.73. The summed E-state index contributed by atoms with van der Waals surface area (Å²) in [5, 5.41) is 3.55. The number of ketones is 1. The summed E-state index contributed by atoms with van der Waals surface area (Å²) in [5.74, 6) is -0.625. The molecule has 4 rings (SSSR count). The normalized spacial score (nSPS) is 21.0. The molecule has 1 heterocycles. The SMILES string of the molecule is COc1ccccc1NC(=O)C1C(C)=NC2=C(C(=O)CCC2)[C@H]1c1cccc(Cl)c1. The molecule has 0 fully saturated rings. The second kappa shape index (κ2) is 8.44. The number of ether oxygens (including phenoxy) is 1. The molecule has 0 aromatic heterocycles. The maximum Gasteiger partial charge on any atom is 0.234 e. The summed E-state index contributed by atoms with van der Waals surface area (Å²) in [4.78, 5) is 31.1. The zero-order valence-electron chi connectivity index (χ0n) is 16.9. The highest BCUT2D eigenvalue weighted by atomic mass is 35.5. The van der Waals surface area contributed by atoms with Crippen molar-refractivity contribution < 1.29 is 14.3 Å². The minimum atomic E-state index is -0.617. The Balaban J connectivity index is 1.78. The molecule has 30 heavy (non-hydrogen) atoms. The van der Waals surface area contributed by atoms with Gasteiger partial charge in [-0.1, -0.05) is 35.9 Å². The van der Waals surface area contributed by atoms with E-state index in [1.165, 1.54) is 0 Å². The molecule has 2 aromatic rings. The largest absolute Gasteiger partial charge is 0.495 e. The summed E-state index contributed by atoms with van der Waals surface area (Å²) in [7, 11) is 1.56. The van der Waals surface area contributed by atoms with Crippen LogP contribution in [0.1, 0.15) is 37.7 Å². The van der Waals surface area contributed by atoms with Crippen LogP contribution in [-0.4, -0.2) is 24.5 Å². The minimum absolute atomic E-state index is 0.0626. The van der Waals surface area contributed by atoms with E-state index in [1.807, 2.05) is 37.3 Å². The van der Waals surface area contributed by atoms with E-state index in [4.69, 9.17) is 16.3 Å². The molecule has 2 atom stereocenters. The number of hydrogen-bond acceptors (Lipinski definition) is 4. The second-order valence-electron chi connectivity index (χ2n) is 7.59. The Morgan fingerprint density at radius 1 is 1.17 bits per heavy atom. The topological polar surface area (TPSA) is 67.8 Å². The molecule has 1 unspecified atom stereocenters. The number of halogens is 1. The van der Waals surface area contributed by atoms with Gasteiger partial charge in [0.25, 0.3) is 0 Å². The van der Waals surface area contributed by atoms with Crippen LogP contribution in [0.5, 0.6) is 5.75 Å². The highest BCUT2D eigenvalue weighted by Crippen LogP contribution is 2.44. The highest BCUT2D eigenvalue weighted by molar-refractivity contribution is 6.30. The molecule has 6 heteroatoms. The lowest BCUT2D eigenvalue weighted by Crippen LogP contribution is -2.39. The molecule has 2 aromatic carbocycles. The summed E-state index contributed by atoms with van der Waals surface area (Å²) in [6.07, 6.45) is 2.01. The number of nitrogens with zero attached hydrogens (tertiary/aromatic N) is 1. The van der Waals surface area contributed by atoms with Gasteiger partial charge in [-0.15, -0.1) is 0 Å². The Bertz CT molecular complexity index is 1070. The fraction of sp³-hybridized carbons (Fsp3) is 0.292. The zero-order chi connectivity index (χ0) is 21.3. The van der Waals surface area contributed by atoms with Gasteiger partial charge >= 0.3 is 0 Å². The van der Waals surface area contributed by atoms with Gasteiger partial charge in [0.05, 0.1) is 18.7 Å². The molecule has 1 aliphatic heterocycles. The number of Topliss-reactive ketones (excluding diaryl/α,β-unsaturated/α-hetero) is 1. The van der Waals surface area contributed by atoms with Crippen LogP contribution < -0.4 is 10.1 Å². The van der Waals surface area contributed by atoms with Crippen LogP contribution >= 0.6 is 11.6 Å². The molecule has 1 amide bonds. The Labute approximate surface area is 180 Å². The van der Waals surface area contributed by atoms with Gasteiger partial charge < -0.3 is 10.1 Å². The number of carbonyl (C=O) groups is 2. The van der Waals surface area contributed by atoms with Gasteiger partial charge in [-0.2, -0.15) is 0 Å². The van der Waals surface area contributed by atoms with E-state index < -0.39 is 11.8 Å². The van der Waals surface area contributed by atoms with Gasteiger partial charge in [0.1, 0.15) is 5.75 Å². The van der Waals surface area contributed by atoms with Crippen molar-refractivity contribution in [2.24, 2.45) is 10.9 Å². The number of rotatable bonds is 4. The van der Waals surface area contributed by atoms with Crippen LogP contribution in [0.15, 0.2) is 64.8 Å². The molecular formula is C24H23ClN2O3. The zero-order valence-corrected chi connectivity index (χ0v) is 17.7. The number of hydrogen-bond donors (Lipinski definition) is 1. The third-order valence-corrected chi connectivity index (χ3v) is 5.92. The van der Waals surface area contributed by atoms with Crippen LogP contribution in [0, 0.1) is 5.92 Å². The molecule has 1 aliphatic carbocycles. The number of benzene rings is 2. The van der Waals surface area contributed by atoms with Gasteiger partial charge in [-0.05, 0) is 49.6 Å². The first-order valence-electron chi connectivity index (χ1n) is 10.0. The predicted molar refractivity (Wildman–Crippen MR) is 118 cm³/mol. The second-order valence-corrected chi connectivity index (χ2v) is 8.03. The van der Waals surface area contributed by atoms with E-state index in [-0.39, 0.29) is 11.7 Å².